The number of benzene rings is 2. The Balaban J connectivity index is 1.72. The topological polar surface area (TPSA) is 61.8 Å². The van der Waals surface area contributed by atoms with Crippen LogP contribution in [0.3, 0.4) is 0 Å². The summed E-state index contributed by atoms with van der Waals surface area (Å²) >= 11 is 0. The lowest BCUT2D eigenvalue weighted by Gasteiger charge is -2.47. The molecule has 1 aliphatic carbocycles. The average molecular weight is 492 g/mol. The number of hydrogen-bond acceptors (Lipinski definition) is 3. The Morgan fingerprint density at radius 3 is 2.36 bits per heavy atom. The first-order valence-electron chi connectivity index (χ1n) is 13.3. The van der Waals surface area contributed by atoms with Gasteiger partial charge in [0, 0.05) is 17.7 Å². The third-order valence-corrected chi connectivity index (χ3v) is 7.66. The molecule has 0 saturated heterocycles. The van der Waals surface area contributed by atoms with E-state index in [1.54, 1.807) is 12.1 Å². The number of amides is 2. The summed E-state index contributed by atoms with van der Waals surface area (Å²) in [5.74, 6) is -0.596. The van der Waals surface area contributed by atoms with Crippen molar-refractivity contribution in [2.24, 2.45) is 10.4 Å². The van der Waals surface area contributed by atoms with E-state index in [9.17, 15) is 14.0 Å². The second kappa shape index (κ2) is 10.5. The molecular weight excluding hydrogens is 453 g/mol. The second-order valence-corrected chi connectivity index (χ2v) is 11.0. The van der Waals surface area contributed by atoms with Crippen LogP contribution in [-0.4, -0.2) is 34.6 Å². The standard InChI is InChI=1S/C30H38FN3O2/c1-5-8-25(21-11-13-22(14-12-21)27(35)32-19-6-2)34-28(36)26(23-9-7-10-24(31)20-23)33-30(34)17-15-29(3,4)16-18-30/h7,9-14,20,25H,5-6,8,15-19H2,1-4H3,(H,32,35). The molecule has 2 amide bonds. The predicted molar refractivity (Wildman–Crippen MR) is 141 cm³/mol. The van der Waals surface area contributed by atoms with Crippen molar-refractivity contribution < 1.29 is 14.0 Å². The normalized spacial score (nSPS) is 19.3. The molecular formula is C30H38FN3O2. The molecule has 1 aliphatic heterocycles. The van der Waals surface area contributed by atoms with Gasteiger partial charge >= 0.3 is 0 Å². The minimum absolute atomic E-state index is 0.0876. The molecule has 6 heteroatoms. The molecule has 1 atom stereocenters. The van der Waals surface area contributed by atoms with E-state index in [-0.39, 0.29) is 29.1 Å². The van der Waals surface area contributed by atoms with Crippen molar-refractivity contribution in [1.29, 1.82) is 0 Å². The van der Waals surface area contributed by atoms with Crippen molar-refractivity contribution >= 4 is 17.5 Å². The molecule has 1 spiro atoms. The average Bonchev–Trinajstić information content (AvgIpc) is 3.15. The van der Waals surface area contributed by atoms with Gasteiger partial charge in [0.15, 0.2) is 0 Å². The Morgan fingerprint density at radius 2 is 1.75 bits per heavy atom. The van der Waals surface area contributed by atoms with Gasteiger partial charge in [0.05, 0.1) is 6.04 Å². The summed E-state index contributed by atoms with van der Waals surface area (Å²) in [5, 5.41) is 2.91. The van der Waals surface area contributed by atoms with E-state index in [4.69, 9.17) is 4.99 Å². The maximum absolute atomic E-state index is 14.1. The first kappa shape index (κ1) is 26.1. The molecule has 4 rings (SSSR count). The first-order valence-corrected chi connectivity index (χ1v) is 13.3. The number of rotatable bonds is 8. The van der Waals surface area contributed by atoms with E-state index in [0.29, 0.717) is 23.4 Å². The van der Waals surface area contributed by atoms with Crippen LogP contribution in [0.4, 0.5) is 4.39 Å². The smallest absolute Gasteiger partial charge is 0.275 e. The fourth-order valence-electron chi connectivity index (χ4n) is 5.46. The molecule has 2 aliphatic rings. The second-order valence-electron chi connectivity index (χ2n) is 11.0. The van der Waals surface area contributed by atoms with Crippen molar-refractivity contribution in [3.63, 3.8) is 0 Å². The molecule has 1 N–H and O–H groups in total. The number of carbonyl (C=O) groups is 2. The number of nitrogens with zero attached hydrogens (tertiary/aromatic N) is 2. The van der Waals surface area contributed by atoms with Crippen molar-refractivity contribution in [3.8, 4) is 0 Å². The first-order chi connectivity index (χ1) is 17.2. The van der Waals surface area contributed by atoms with E-state index in [0.717, 1.165) is 50.5 Å². The SMILES string of the molecule is CCCNC(=O)c1ccc(C(CCC)N2C(=O)C(c3cccc(F)c3)=NC23CCC(C)(C)CC3)cc1. The number of carbonyl (C=O) groups excluding carboxylic acids is 2. The molecule has 1 fully saturated rings. The van der Waals surface area contributed by atoms with Crippen molar-refractivity contribution in [1.82, 2.24) is 10.2 Å². The van der Waals surface area contributed by atoms with Crippen molar-refractivity contribution in [3.05, 3.63) is 71.0 Å². The molecule has 192 valence electrons. The van der Waals surface area contributed by atoms with Gasteiger partial charge in [-0.3, -0.25) is 14.6 Å². The third-order valence-electron chi connectivity index (χ3n) is 7.66. The van der Waals surface area contributed by atoms with E-state index < -0.39 is 5.66 Å². The number of hydrogen-bond donors (Lipinski definition) is 1. The predicted octanol–water partition coefficient (Wildman–Crippen LogP) is 6.43. The maximum Gasteiger partial charge on any atom is 0.275 e. The van der Waals surface area contributed by atoms with Crippen LogP contribution >= 0.6 is 0 Å². The van der Waals surface area contributed by atoms with Crippen molar-refractivity contribution in [2.75, 3.05) is 6.54 Å². The fourth-order valence-corrected chi connectivity index (χ4v) is 5.46. The molecule has 0 radical (unpaired) electrons. The van der Waals surface area contributed by atoms with E-state index >= 15 is 0 Å². The Hall–Kier alpha value is -3.02. The summed E-state index contributed by atoms with van der Waals surface area (Å²) in [6.07, 6.45) is 6.04. The van der Waals surface area contributed by atoms with Gasteiger partial charge in [0.25, 0.3) is 11.8 Å². The number of nitrogens with one attached hydrogen (secondary N) is 1. The van der Waals surface area contributed by atoms with Crippen LogP contribution in [0.1, 0.15) is 100 Å². The van der Waals surface area contributed by atoms with Crippen LogP contribution < -0.4 is 5.32 Å². The highest BCUT2D eigenvalue weighted by Gasteiger charge is 2.52. The lowest BCUT2D eigenvalue weighted by molar-refractivity contribution is -0.134. The molecule has 1 heterocycles. The van der Waals surface area contributed by atoms with Crippen LogP contribution in [-0.2, 0) is 4.79 Å². The van der Waals surface area contributed by atoms with Crippen LogP contribution in [0.2, 0.25) is 0 Å². The summed E-state index contributed by atoms with van der Waals surface area (Å²) in [4.78, 5) is 33.5. The number of halogens is 1. The lowest BCUT2D eigenvalue weighted by Crippen LogP contribution is -2.51. The Kier molecular flexibility index (Phi) is 7.62. The molecule has 36 heavy (non-hydrogen) atoms. The van der Waals surface area contributed by atoms with Crippen LogP contribution in [0, 0.1) is 11.2 Å². The minimum Gasteiger partial charge on any atom is -0.352 e. The Labute approximate surface area is 214 Å². The monoisotopic (exact) mass is 491 g/mol. The molecule has 2 aromatic carbocycles. The molecule has 1 unspecified atom stereocenters. The van der Waals surface area contributed by atoms with E-state index in [1.165, 1.54) is 12.1 Å². The van der Waals surface area contributed by atoms with E-state index in [1.807, 2.05) is 36.1 Å². The van der Waals surface area contributed by atoms with Gasteiger partial charge in [-0.25, -0.2) is 4.39 Å². The van der Waals surface area contributed by atoms with Gasteiger partial charge in [0.1, 0.15) is 17.2 Å². The fraction of sp³-hybridized carbons (Fsp3) is 0.500. The molecule has 2 aromatic rings. The Morgan fingerprint density at radius 1 is 1.06 bits per heavy atom. The summed E-state index contributed by atoms with van der Waals surface area (Å²) in [7, 11) is 0. The molecule has 5 nitrogen and oxygen atoms in total. The summed E-state index contributed by atoms with van der Waals surface area (Å²) < 4.78 is 14.1. The zero-order chi connectivity index (χ0) is 25.9. The van der Waals surface area contributed by atoms with Gasteiger partial charge in [-0.1, -0.05) is 58.4 Å². The highest BCUT2D eigenvalue weighted by atomic mass is 19.1. The van der Waals surface area contributed by atoms with Gasteiger partial charge in [-0.05, 0) is 73.8 Å². The summed E-state index contributed by atoms with van der Waals surface area (Å²) in [5.41, 5.74) is 2.06. The zero-order valence-corrected chi connectivity index (χ0v) is 21.9. The molecule has 0 bridgehead atoms. The molecule has 1 saturated carbocycles. The molecule has 0 aromatic heterocycles. The maximum atomic E-state index is 14.1. The lowest BCUT2D eigenvalue weighted by atomic mass is 9.72. The van der Waals surface area contributed by atoms with Gasteiger partial charge in [-0.2, -0.15) is 0 Å². The minimum atomic E-state index is -0.634. The van der Waals surface area contributed by atoms with Crippen LogP contribution in [0.25, 0.3) is 0 Å². The number of aliphatic imine (C=N–C) groups is 1. The highest BCUT2D eigenvalue weighted by molar-refractivity contribution is 6.46. The largest absolute Gasteiger partial charge is 0.352 e. The van der Waals surface area contributed by atoms with Crippen LogP contribution in [0.15, 0.2) is 53.5 Å². The van der Waals surface area contributed by atoms with Gasteiger partial charge in [0.2, 0.25) is 0 Å². The van der Waals surface area contributed by atoms with E-state index in [2.05, 4.69) is 26.1 Å². The summed E-state index contributed by atoms with van der Waals surface area (Å²) in [6, 6.07) is 13.6. The Bertz CT molecular complexity index is 1130. The quantitative estimate of drug-likeness (QED) is 0.462. The van der Waals surface area contributed by atoms with Crippen LogP contribution in [0.5, 0.6) is 0 Å². The highest BCUT2D eigenvalue weighted by Crippen LogP contribution is 2.49. The third kappa shape index (κ3) is 5.23. The van der Waals surface area contributed by atoms with Crippen molar-refractivity contribution in [2.45, 2.75) is 84.3 Å². The summed E-state index contributed by atoms with van der Waals surface area (Å²) in [6.45, 7) is 9.31. The van der Waals surface area contributed by atoms with Gasteiger partial charge < -0.3 is 10.2 Å². The van der Waals surface area contributed by atoms with Gasteiger partial charge in [-0.15, -0.1) is 0 Å². The zero-order valence-electron chi connectivity index (χ0n) is 21.9.